The molecule has 7 heteroatoms. The van der Waals surface area contributed by atoms with Crippen molar-refractivity contribution in [3.63, 3.8) is 0 Å². The molecule has 0 unspecified atom stereocenters. The van der Waals surface area contributed by atoms with Crippen molar-refractivity contribution in [2.24, 2.45) is 5.92 Å². The van der Waals surface area contributed by atoms with Gasteiger partial charge in [-0.1, -0.05) is 6.92 Å². The van der Waals surface area contributed by atoms with E-state index in [-0.39, 0.29) is 24.6 Å². The molecule has 0 aliphatic carbocycles. The van der Waals surface area contributed by atoms with Crippen molar-refractivity contribution < 1.29 is 13.2 Å². The average Bonchev–Trinajstić information content (AvgIpc) is 2.44. The third-order valence-corrected chi connectivity index (χ3v) is 4.92. The summed E-state index contributed by atoms with van der Waals surface area (Å²) in [5.74, 6) is 0.558. The van der Waals surface area contributed by atoms with Gasteiger partial charge in [0, 0.05) is 19.5 Å². The maximum Gasteiger partial charge on any atom is 0.221 e. The van der Waals surface area contributed by atoms with Crippen LogP contribution in [-0.2, 0) is 14.8 Å². The number of nitrogens with one attached hydrogen (secondary N) is 3. The summed E-state index contributed by atoms with van der Waals surface area (Å²) < 4.78 is 26.1. The zero-order chi connectivity index (χ0) is 14.8. The van der Waals surface area contributed by atoms with Gasteiger partial charge >= 0.3 is 0 Å². The van der Waals surface area contributed by atoms with Gasteiger partial charge in [-0.25, -0.2) is 13.1 Å². The zero-order valence-electron chi connectivity index (χ0n) is 12.3. The summed E-state index contributed by atoms with van der Waals surface area (Å²) >= 11 is 0. The van der Waals surface area contributed by atoms with E-state index in [1.807, 2.05) is 6.92 Å². The second kappa shape index (κ2) is 9.31. The topological polar surface area (TPSA) is 87.3 Å². The predicted octanol–water partition coefficient (Wildman–Crippen LogP) is 0.212. The molecule has 0 spiro atoms. The minimum Gasteiger partial charge on any atom is -0.356 e. The Bertz CT molecular complexity index is 378. The second-order valence-electron chi connectivity index (χ2n) is 5.30. The predicted molar refractivity (Wildman–Crippen MR) is 79.9 cm³/mol. The number of hydrogen-bond acceptors (Lipinski definition) is 4. The van der Waals surface area contributed by atoms with Crippen LogP contribution in [0.2, 0.25) is 0 Å². The third kappa shape index (κ3) is 7.81. The molecule has 1 aliphatic heterocycles. The van der Waals surface area contributed by atoms with Gasteiger partial charge in [-0.2, -0.15) is 0 Å². The third-order valence-electron chi connectivity index (χ3n) is 3.50. The maximum atomic E-state index is 11.8. The molecule has 0 bridgehead atoms. The highest BCUT2D eigenvalue weighted by Gasteiger charge is 2.17. The molecule has 0 radical (unpaired) electrons. The first kappa shape index (κ1) is 17.4. The Hall–Kier alpha value is -0.660. The van der Waals surface area contributed by atoms with Crippen LogP contribution in [0.4, 0.5) is 0 Å². The van der Waals surface area contributed by atoms with Gasteiger partial charge in [0.25, 0.3) is 0 Å². The Balaban J connectivity index is 2.15. The summed E-state index contributed by atoms with van der Waals surface area (Å²) in [6.45, 7) is 4.76. The second-order valence-corrected chi connectivity index (χ2v) is 7.22. The molecule has 0 aromatic heterocycles. The molecule has 1 rings (SSSR count). The summed E-state index contributed by atoms with van der Waals surface area (Å²) in [6.07, 6.45) is 3.89. The van der Waals surface area contributed by atoms with Gasteiger partial charge in [0.1, 0.15) is 0 Å². The molecule has 6 nitrogen and oxygen atoms in total. The van der Waals surface area contributed by atoms with Crippen LogP contribution < -0.4 is 15.4 Å². The molecule has 1 saturated heterocycles. The molecule has 0 atom stereocenters. The number of piperidine rings is 1. The van der Waals surface area contributed by atoms with Gasteiger partial charge in [-0.15, -0.1) is 0 Å². The first-order valence-electron chi connectivity index (χ1n) is 7.48. The minimum atomic E-state index is -3.25. The summed E-state index contributed by atoms with van der Waals surface area (Å²) in [5.41, 5.74) is 0. The Morgan fingerprint density at radius 1 is 1.25 bits per heavy atom. The average molecular weight is 305 g/mol. The van der Waals surface area contributed by atoms with Crippen LogP contribution in [0.15, 0.2) is 0 Å². The van der Waals surface area contributed by atoms with Gasteiger partial charge in [0.2, 0.25) is 15.9 Å². The van der Waals surface area contributed by atoms with Crippen LogP contribution in [0.3, 0.4) is 0 Å². The lowest BCUT2D eigenvalue weighted by molar-refractivity contribution is -0.120. The van der Waals surface area contributed by atoms with Crippen LogP contribution in [0, 0.1) is 5.92 Å². The van der Waals surface area contributed by atoms with E-state index in [0.717, 1.165) is 32.4 Å². The molecule has 1 fully saturated rings. The number of carbonyl (C=O) groups excluding carboxylic acids is 1. The highest BCUT2D eigenvalue weighted by molar-refractivity contribution is 7.89. The van der Waals surface area contributed by atoms with E-state index in [4.69, 9.17) is 0 Å². The van der Waals surface area contributed by atoms with Crippen molar-refractivity contribution in [2.75, 3.05) is 31.9 Å². The van der Waals surface area contributed by atoms with Gasteiger partial charge in [-0.3, -0.25) is 4.79 Å². The Kier molecular flexibility index (Phi) is 8.09. The molecule has 1 amide bonds. The zero-order valence-corrected chi connectivity index (χ0v) is 13.1. The Morgan fingerprint density at radius 2 is 1.95 bits per heavy atom. The summed E-state index contributed by atoms with van der Waals surface area (Å²) in [4.78, 5) is 11.3. The normalized spacial score (nSPS) is 17.1. The molecular weight excluding hydrogens is 278 g/mol. The molecular formula is C13H27N3O3S. The first-order chi connectivity index (χ1) is 9.53. The van der Waals surface area contributed by atoms with E-state index in [1.165, 1.54) is 0 Å². The summed E-state index contributed by atoms with van der Waals surface area (Å²) in [6, 6.07) is 0. The van der Waals surface area contributed by atoms with E-state index in [9.17, 15) is 13.2 Å². The highest BCUT2D eigenvalue weighted by Crippen LogP contribution is 2.16. The van der Waals surface area contributed by atoms with Gasteiger partial charge in [0.15, 0.2) is 0 Å². The largest absolute Gasteiger partial charge is 0.356 e. The van der Waals surface area contributed by atoms with Crippen molar-refractivity contribution in [1.29, 1.82) is 0 Å². The van der Waals surface area contributed by atoms with E-state index >= 15 is 0 Å². The van der Waals surface area contributed by atoms with Crippen LogP contribution in [0.5, 0.6) is 0 Å². The fourth-order valence-corrected chi connectivity index (χ4v) is 3.44. The molecule has 20 heavy (non-hydrogen) atoms. The SMILES string of the molecule is CCCNC(=O)CCNS(=O)(=O)CCC1CCNCC1. The van der Waals surface area contributed by atoms with Gasteiger partial charge < -0.3 is 10.6 Å². The monoisotopic (exact) mass is 305 g/mol. The van der Waals surface area contributed by atoms with E-state index in [1.54, 1.807) is 0 Å². The van der Waals surface area contributed by atoms with Gasteiger partial charge in [-0.05, 0) is 44.7 Å². The first-order valence-corrected chi connectivity index (χ1v) is 9.13. The fraction of sp³-hybridized carbons (Fsp3) is 0.923. The van der Waals surface area contributed by atoms with Gasteiger partial charge in [0.05, 0.1) is 5.75 Å². The molecule has 1 heterocycles. The molecule has 118 valence electrons. The lowest BCUT2D eigenvalue weighted by atomic mass is 9.96. The number of carbonyl (C=O) groups is 1. The van der Waals surface area contributed by atoms with Crippen molar-refractivity contribution in [3.8, 4) is 0 Å². The minimum absolute atomic E-state index is 0.104. The van der Waals surface area contributed by atoms with E-state index < -0.39 is 10.0 Å². The number of rotatable bonds is 9. The number of hydrogen-bond donors (Lipinski definition) is 3. The van der Waals surface area contributed by atoms with Crippen LogP contribution in [0.25, 0.3) is 0 Å². The molecule has 0 aromatic carbocycles. The Labute approximate surface area is 122 Å². The molecule has 1 aliphatic rings. The van der Waals surface area contributed by atoms with Crippen LogP contribution in [-0.4, -0.2) is 46.3 Å². The molecule has 0 aromatic rings. The number of amides is 1. The quantitative estimate of drug-likeness (QED) is 0.568. The highest BCUT2D eigenvalue weighted by atomic mass is 32.2. The lowest BCUT2D eigenvalue weighted by Crippen LogP contribution is -2.34. The van der Waals surface area contributed by atoms with E-state index in [2.05, 4.69) is 15.4 Å². The summed E-state index contributed by atoms with van der Waals surface area (Å²) in [7, 11) is -3.25. The maximum absolute atomic E-state index is 11.8. The fourth-order valence-electron chi connectivity index (χ4n) is 2.24. The van der Waals surface area contributed by atoms with Crippen LogP contribution >= 0.6 is 0 Å². The Morgan fingerprint density at radius 3 is 2.60 bits per heavy atom. The van der Waals surface area contributed by atoms with Crippen molar-refractivity contribution in [2.45, 2.75) is 39.0 Å². The van der Waals surface area contributed by atoms with Crippen LogP contribution in [0.1, 0.15) is 39.0 Å². The van der Waals surface area contributed by atoms with Crippen molar-refractivity contribution in [3.05, 3.63) is 0 Å². The number of sulfonamides is 1. The van der Waals surface area contributed by atoms with Crippen molar-refractivity contribution in [1.82, 2.24) is 15.4 Å². The molecule has 0 saturated carbocycles. The lowest BCUT2D eigenvalue weighted by Gasteiger charge is -2.22. The smallest absolute Gasteiger partial charge is 0.221 e. The van der Waals surface area contributed by atoms with Crippen molar-refractivity contribution >= 4 is 15.9 Å². The standard InChI is InChI=1S/C13H27N3O3S/c1-2-7-15-13(17)5-10-16-20(18,19)11-6-12-3-8-14-9-4-12/h12,14,16H,2-11H2,1H3,(H,15,17). The molecule has 3 N–H and O–H groups in total. The van der Waals surface area contributed by atoms with E-state index in [0.29, 0.717) is 18.9 Å². The summed E-state index contributed by atoms with van der Waals surface area (Å²) in [5, 5.41) is 5.99.